The van der Waals surface area contributed by atoms with Crippen molar-refractivity contribution in [2.45, 2.75) is 37.1 Å². The van der Waals surface area contributed by atoms with Crippen LogP contribution in [0.5, 0.6) is 5.75 Å². The molecule has 1 aliphatic rings. The zero-order valence-electron chi connectivity index (χ0n) is 14.1. The van der Waals surface area contributed by atoms with Gasteiger partial charge < -0.3 is 10.1 Å². The first kappa shape index (κ1) is 18.5. The van der Waals surface area contributed by atoms with Gasteiger partial charge in [-0.3, -0.25) is 4.79 Å². The van der Waals surface area contributed by atoms with Gasteiger partial charge in [-0.05, 0) is 49.6 Å². The van der Waals surface area contributed by atoms with E-state index in [-0.39, 0.29) is 23.4 Å². The molecule has 132 valence electrons. The van der Waals surface area contributed by atoms with E-state index in [1.54, 1.807) is 25.3 Å². The molecule has 1 aromatic rings. The van der Waals surface area contributed by atoms with Gasteiger partial charge in [0.15, 0.2) is 0 Å². The summed E-state index contributed by atoms with van der Waals surface area (Å²) < 4.78 is 32.5. The highest BCUT2D eigenvalue weighted by Gasteiger charge is 2.29. The zero-order valence-corrected chi connectivity index (χ0v) is 14.9. The Labute approximate surface area is 143 Å². The molecule has 6 nitrogen and oxygen atoms in total. The van der Waals surface area contributed by atoms with Crippen LogP contribution in [-0.4, -0.2) is 44.9 Å². The normalized spacial score (nSPS) is 19.3. The number of benzene rings is 1. The second kappa shape index (κ2) is 7.81. The highest BCUT2D eigenvalue weighted by Crippen LogP contribution is 2.25. The monoisotopic (exact) mass is 352 g/mol. The third-order valence-corrected chi connectivity index (χ3v) is 6.03. The highest BCUT2D eigenvalue weighted by molar-refractivity contribution is 7.89. The predicted octanol–water partition coefficient (Wildman–Crippen LogP) is 1.85. The Morgan fingerprint density at radius 3 is 2.79 bits per heavy atom. The second-order valence-corrected chi connectivity index (χ2v) is 7.84. The van der Waals surface area contributed by atoms with E-state index in [9.17, 15) is 13.2 Å². The number of sulfonamides is 1. The second-order valence-electron chi connectivity index (χ2n) is 5.90. The van der Waals surface area contributed by atoms with Crippen LogP contribution < -0.4 is 10.1 Å². The van der Waals surface area contributed by atoms with Gasteiger partial charge in [-0.15, -0.1) is 0 Å². The summed E-state index contributed by atoms with van der Waals surface area (Å²) in [5.74, 6) is 0.375. The molecule has 1 saturated heterocycles. The summed E-state index contributed by atoms with van der Waals surface area (Å²) in [5.41, 5.74) is 0.768. The van der Waals surface area contributed by atoms with Crippen molar-refractivity contribution in [3.63, 3.8) is 0 Å². The Hall–Kier alpha value is -1.86. The van der Waals surface area contributed by atoms with Gasteiger partial charge in [-0.2, -0.15) is 4.31 Å². The van der Waals surface area contributed by atoms with Gasteiger partial charge in [0.05, 0.1) is 12.0 Å². The molecule has 0 bridgehead atoms. The molecule has 0 radical (unpaired) electrons. The highest BCUT2D eigenvalue weighted by atomic mass is 32.2. The van der Waals surface area contributed by atoms with E-state index < -0.39 is 10.0 Å². The molecule has 1 unspecified atom stereocenters. The van der Waals surface area contributed by atoms with Gasteiger partial charge in [-0.1, -0.05) is 13.0 Å². The van der Waals surface area contributed by atoms with Gasteiger partial charge >= 0.3 is 0 Å². The molecule has 0 spiro atoms. The zero-order chi connectivity index (χ0) is 17.7. The molecular weight excluding hydrogens is 328 g/mol. The maximum Gasteiger partial charge on any atom is 0.243 e. The van der Waals surface area contributed by atoms with E-state index in [1.807, 2.05) is 6.92 Å². The van der Waals surface area contributed by atoms with E-state index in [1.165, 1.54) is 10.4 Å². The lowest BCUT2D eigenvalue weighted by atomic mass is 10.1. The van der Waals surface area contributed by atoms with Crippen LogP contribution in [0.2, 0.25) is 0 Å². The van der Waals surface area contributed by atoms with Crippen molar-refractivity contribution < 1.29 is 17.9 Å². The van der Waals surface area contributed by atoms with Crippen molar-refractivity contribution in [3.05, 3.63) is 36.4 Å². The minimum Gasteiger partial charge on any atom is -0.496 e. The Kier molecular flexibility index (Phi) is 6.01. The molecule has 1 aromatic carbocycles. The largest absolute Gasteiger partial charge is 0.496 e. The van der Waals surface area contributed by atoms with Crippen LogP contribution in [0, 0.1) is 6.92 Å². The lowest BCUT2D eigenvalue weighted by Crippen LogP contribution is -2.44. The smallest absolute Gasteiger partial charge is 0.243 e. The van der Waals surface area contributed by atoms with Crippen LogP contribution in [0.4, 0.5) is 0 Å². The summed E-state index contributed by atoms with van der Waals surface area (Å²) in [6.45, 7) is 5.97. The first-order valence-corrected chi connectivity index (χ1v) is 9.40. The summed E-state index contributed by atoms with van der Waals surface area (Å²) in [6.07, 6.45) is 3.61. The van der Waals surface area contributed by atoms with E-state index in [2.05, 4.69) is 11.9 Å². The first-order chi connectivity index (χ1) is 11.4. The molecule has 0 saturated carbocycles. The molecule has 1 heterocycles. The van der Waals surface area contributed by atoms with Crippen LogP contribution in [-0.2, 0) is 14.8 Å². The third kappa shape index (κ3) is 4.15. The quantitative estimate of drug-likeness (QED) is 0.821. The molecule has 1 aliphatic heterocycles. The van der Waals surface area contributed by atoms with E-state index in [0.29, 0.717) is 12.3 Å². The number of ether oxygens (including phenoxy) is 1. The average Bonchev–Trinajstić information content (AvgIpc) is 2.80. The minimum absolute atomic E-state index is 0.202. The molecule has 24 heavy (non-hydrogen) atoms. The number of hydrogen-bond donors (Lipinski definition) is 1. The summed E-state index contributed by atoms with van der Waals surface area (Å²) in [6, 6.07) is 4.64. The molecule has 2 rings (SSSR count). The van der Waals surface area contributed by atoms with Gasteiger partial charge in [-0.25, -0.2) is 8.42 Å². The first-order valence-electron chi connectivity index (χ1n) is 7.96. The van der Waals surface area contributed by atoms with Crippen molar-refractivity contribution >= 4 is 15.9 Å². The number of methoxy groups -OCH3 is 1. The third-order valence-electron chi connectivity index (χ3n) is 4.17. The molecule has 1 fully saturated rings. The van der Waals surface area contributed by atoms with E-state index in [0.717, 1.165) is 24.8 Å². The molecular formula is C17H24N2O4S. The van der Waals surface area contributed by atoms with Gasteiger partial charge in [0.2, 0.25) is 15.9 Å². The fourth-order valence-electron chi connectivity index (χ4n) is 2.86. The SMILES string of the molecule is C=CC(=O)NC1CCCCN(S(=O)(=O)c2ccc(OC)c(C)c2)C1. The van der Waals surface area contributed by atoms with Crippen LogP contribution >= 0.6 is 0 Å². The van der Waals surface area contributed by atoms with E-state index >= 15 is 0 Å². The fourth-order valence-corrected chi connectivity index (χ4v) is 4.47. The predicted molar refractivity (Wildman–Crippen MR) is 92.5 cm³/mol. The summed E-state index contributed by atoms with van der Waals surface area (Å²) in [5, 5.41) is 2.81. The van der Waals surface area contributed by atoms with Crippen LogP contribution in [0.25, 0.3) is 0 Å². The van der Waals surface area contributed by atoms with E-state index in [4.69, 9.17) is 4.74 Å². The lowest BCUT2D eigenvalue weighted by Gasteiger charge is -2.24. The Bertz CT molecular complexity index is 715. The van der Waals surface area contributed by atoms with Crippen molar-refractivity contribution in [1.29, 1.82) is 0 Å². The number of nitrogens with one attached hydrogen (secondary N) is 1. The standard InChI is InChI=1S/C17H24N2O4S/c1-4-17(20)18-14-7-5-6-10-19(12-14)24(21,22)15-8-9-16(23-3)13(2)11-15/h4,8-9,11,14H,1,5-7,10,12H2,2-3H3,(H,18,20). The summed E-state index contributed by atoms with van der Waals surface area (Å²) >= 11 is 0. The summed E-state index contributed by atoms with van der Waals surface area (Å²) in [4.78, 5) is 11.8. The number of carbonyl (C=O) groups is 1. The molecule has 1 atom stereocenters. The maximum atomic E-state index is 12.9. The Morgan fingerprint density at radius 2 is 2.17 bits per heavy atom. The molecule has 1 amide bonds. The average molecular weight is 352 g/mol. The number of hydrogen-bond acceptors (Lipinski definition) is 4. The van der Waals surface area contributed by atoms with Crippen LogP contribution in [0.1, 0.15) is 24.8 Å². The molecule has 0 aliphatic carbocycles. The number of nitrogens with zero attached hydrogens (tertiary/aromatic N) is 1. The number of rotatable bonds is 5. The summed E-state index contributed by atoms with van der Waals surface area (Å²) in [7, 11) is -2.05. The van der Waals surface area contributed by atoms with Crippen molar-refractivity contribution in [1.82, 2.24) is 9.62 Å². The van der Waals surface area contributed by atoms with Gasteiger partial charge in [0.1, 0.15) is 5.75 Å². The van der Waals surface area contributed by atoms with Crippen molar-refractivity contribution in [2.75, 3.05) is 20.2 Å². The maximum absolute atomic E-state index is 12.9. The molecule has 7 heteroatoms. The van der Waals surface area contributed by atoms with Crippen LogP contribution in [0.15, 0.2) is 35.7 Å². The van der Waals surface area contributed by atoms with Crippen molar-refractivity contribution in [3.8, 4) is 5.75 Å². The van der Waals surface area contributed by atoms with Crippen molar-refractivity contribution in [2.24, 2.45) is 0 Å². The van der Waals surface area contributed by atoms with Gasteiger partial charge in [0, 0.05) is 19.1 Å². The van der Waals surface area contributed by atoms with Gasteiger partial charge in [0.25, 0.3) is 0 Å². The number of aryl methyl sites for hydroxylation is 1. The lowest BCUT2D eigenvalue weighted by molar-refractivity contribution is -0.117. The van der Waals surface area contributed by atoms with Crippen LogP contribution in [0.3, 0.4) is 0 Å². The number of carbonyl (C=O) groups excluding carboxylic acids is 1. The fraction of sp³-hybridized carbons (Fsp3) is 0.471. The molecule has 1 N–H and O–H groups in total. The Balaban J connectivity index is 2.24. The minimum atomic E-state index is -3.61. The topological polar surface area (TPSA) is 75.7 Å². The molecule has 0 aromatic heterocycles. The number of amides is 1. The Morgan fingerprint density at radius 1 is 1.42 bits per heavy atom.